The molecule has 0 saturated carbocycles. The Morgan fingerprint density at radius 2 is 2.22 bits per heavy atom. The number of nitrogens with zero attached hydrogens (tertiary/aromatic N) is 2. The summed E-state index contributed by atoms with van der Waals surface area (Å²) >= 11 is 0. The molecule has 7 nitrogen and oxygen atoms in total. The lowest BCUT2D eigenvalue weighted by molar-refractivity contribution is 0.0593. The Morgan fingerprint density at radius 1 is 1.39 bits per heavy atom. The van der Waals surface area contributed by atoms with E-state index in [9.17, 15) is 4.79 Å². The van der Waals surface area contributed by atoms with Crippen molar-refractivity contribution in [2.75, 3.05) is 32.2 Å². The number of fused-ring (bicyclic) bond motifs is 1. The summed E-state index contributed by atoms with van der Waals surface area (Å²) in [5.41, 5.74) is 2.11. The largest absolute Gasteiger partial charge is 0.486 e. The molecule has 1 aromatic carbocycles. The maximum atomic E-state index is 11.5. The topological polar surface area (TPSA) is 74.6 Å². The highest BCUT2D eigenvalue weighted by atomic mass is 16.6. The first kappa shape index (κ1) is 15.2. The molecule has 3 rings (SSSR count). The molecule has 0 atom stereocenters. The summed E-state index contributed by atoms with van der Waals surface area (Å²) in [5, 5.41) is 7.56. The van der Waals surface area contributed by atoms with E-state index in [2.05, 4.69) is 15.2 Å². The Hall–Kier alpha value is -2.70. The minimum atomic E-state index is -0.428. The summed E-state index contributed by atoms with van der Waals surface area (Å²) < 4.78 is 17.7. The van der Waals surface area contributed by atoms with Crippen LogP contribution in [-0.2, 0) is 11.3 Å². The molecule has 0 amide bonds. The minimum Gasteiger partial charge on any atom is -0.486 e. The summed E-state index contributed by atoms with van der Waals surface area (Å²) in [6, 6.07) is 7.47. The zero-order valence-corrected chi connectivity index (χ0v) is 13.2. The molecular formula is C16H19N3O4. The Labute approximate surface area is 134 Å². The molecular weight excluding hydrogens is 298 g/mol. The zero-order valence-electron chi connectivity index (χ0n) is 13.2. The lowest BCUT2D eigenvalue weighted by atomic mass is 10.2. The van der Waals surface area contributed by atoms with Crippen molar-refractivity contribution in [3.63, 3.8) is 0 Å². The van der Waals surface area contributed by atoms with E-state index in [0.29, 0.717) is 32.0 Å². The molecule has 1 aliphatic rings. The summed E-state index contributed by atoms with van der Waals surface area (Å²) in [4.78, 5) is 11.5. The summed E-state index contributed by atoms with van der Waals surface area (Å²) in [7, 11) is 1.35. The van der Waals surface area contributed by atoms with E-state index in [1.165, 1.54) is 7.11 Å². The van der Waals surface area contributed by atoms with Crippen LogP contribution in [0, 0.1) is 6.92 Å². The summed E-state index contributed by atoms with van der Waals surface area (Å²) in [5.74, 6) is 1.07. The van der Waals surface area contributed by atoms with Gasteiger partial charge in [-0.05, 0) is 25.1 Å². The first-order valence-corrected chi connectivity index (χ1v) is 7.44. The third-order valence-corrected chi connectivity index (χ3v) is 3.58. The van der Waals surface area contributed by atoms with Gasteiger partial charge in [-0.1, -0.05) is 6.07 Å². The maximum Gasteiger partial charge on any atom is 0.358 e. The average Bonchev–Trinajstić information content (AvgIpc) is 2.95. The number of esters is 1. The van der Waals surface area contributed by atoms with Crippen molar-refractivity contribution in [3.8, 4) is 11.5 Å². The van der Waals surface area contributed by atoms with Crippen LogP contribution >= 0.6 is 0 Å². The van der Waals surface area contributed by atoms with Gasteiger partial charge in [0.25, 0.3) is 0 Å². The van der Waals surface area contributed by atoms with Gasteiger partial charge in [0.05, 0.1) is 19.3 Å². The number of hydrogen-bond acceptors (Lipinski definition) is 6. The highest BCUT2D eigenvalue weighted by Gasteiger charge is 2.16. The first-order chi connectivity index (χ1) is 11.2. The first-order valence-electron chi connectivity index (χ1n) is 7.44. The fraction of sp³-hybridized carbons (Fsp3) is 0.375. The number of benzene rings is 1. The molecule has 0 fully saturated rings. The van der Waals surface area contributed by atoms with Gasteiger partial charge in [0.1, 0.15) is 13.2 Å². The monoisotopic (exact) mass is 317 g/mol. The number of nitrogens with one attached hydrogen (secondary N) is 1. The van der Waals surface area contributed by atoms with Crippen molar-refractivity contribution in [1.29, 1.82) is 0 Å². The second-order valence-electron chi connectivity index (χ2n) is 5.14. The third-order valence-electron chi connectivity index (χ3n) is 3.58. The molecule has 1 aromatic heterocycles. The number of aromatic nitrogens is 2. The zero-order chi connectivity index (χ0) is 16.2. The lowest BCUT2D eigenvalue weighted by Crippen LogP contribution is -2.18. The quantitative estimate of drug-likeness (QED) is 0.849. The Bertz CT molecular complexity index is 711. The van der Waals surface area contributed by atoms with Gasteiger partial charge in [-0.25, -0.2) is 4.79 Å². The smallest absolute Gasteiger partial charge is 0.358 e. The van der Waals surface area contributed by atoms with E-state index in [1.807, 2.05) is 25.1 Å². The van der Waals surface area contributed by atoms with Crippen LogP contribution in [0.5, 0.6) is 11.5 Å². The lowest BCUT2D eigenvalue weighted by Gasteiger charge is -2.21. The van der Waals surface area contributed by atoms with Crippen LogP contribution < -0.4 is 14.8 Å². The SMILES string of the molecule is COC(=O)c1cc(C)n(CCNc2cccc3c2OCCO3)n1. The van der Waals surface area contributed by atoms with Crippen LogP contribution in [0.2, 0.25) is 0 Å². The highest BCUT2D eigenvalue weighted by Crippen LogP contribution is 2.37. The number of ether oxygens (including phenoxy) is 3. The maximum absolute atomic E-state index is 11.5. The summed E-state index contributed by atoms with van der Waals surface area (Å²) in [6.45, 7) is 4.28. The predicted molar refractivity (Wildman–Crippen MR) is 84.2 cm³/mol. The number of aryl methyl sites for hydroxylation is 1. The molecule has 0 aliphatic carbocycles. The standard InChI is InChI=1S/C16H19N3O4/c1-11-10-13(16(20)21-2)18-19(11)7-6-17-12-4-3-5-14-15(12)23-9-8-22-14/h3-5,10,17H,6-9H2,1-2H3. The summed E-state index contributed by atoms with van der Waals surface area (Å²) in [6.07, 6.45) is 0. The molecule has 0 unspecified atom stereocenters. The van der Waals surface area contributed by atoms with Gasteiger partial charge in [-0.15, -0.1) is 0 Å². The van der Waals surface area contributed by atoms with Gasteiger partial charge in [0, 0.05) is 12.2 Å². The fourth-order valence-electron chi connectivity index (χ4n) is 2.45. The van der Waals surface area contributed by atoms with Gasteiger partial charge >= 0.3 is 5.97 Å². The predicted octanol–water partition coefficient (Wildman–Crippen LogP) is 1.86. The van der Waals surface area contributed by atoms with E-state index in [0.717, 1.165) is 22.9 Å². The van der Waals surface area contributed by atoms with Crippen LogP contribution in [0.1, 0.15) is 16.2 Å². The van der Waals surface area contributed by atoms with E-state index in [1.54, 1.807) is 10.7 Å². The molecule has 122 valence electrons. The van der Waals surface area contributed by atoms with E-state index in [-0.39, 0.29) is 0 Å². The highest BCUT2D eigenvalue weighted by molar-refractivity contribution is 5.87. The van der Waals surface area contributed by atoms with Crippen molar-refractivity contribution in [2.24, 2.45) is 0 Å². The Kier molecular flexibility index (Phi) is 4.36. The van der Waals surface area contributed by atoms with Crippen molar-refractivity contribution in [1.82, 2.24) is 9.78 Å². The number of anilines is 1. The van der Waals surface area contributed by atoms with Gasteiger partial charge in [-0.2, -0.15) is 5.10 Å². The van der Waals surface area contributed by atoms with Gasteiger partial charge in [-0.3, -0.25) is 4.68 Å². The normalized spacial score (nSPS) is 12.8. The second-order valence-corrected chi connectivity index (χ2v) is 5.14. The number of carbonyl (C=O) groups is 1. The number of methoxy groups -OCH3 is 1. The Morgan fingerprint density at radius 3 is 3.04 bits per heavy atom. The molecule has 1 aliphatic heterocycles. The van der Waals surface area contributed by atoms with E-state index in [4.69, 9.17) is 9.47 Å². The molecule has 0 radical (unpaired) electrons. The third kappa shape index (κ3) is 3.23. The average molecular weight is 317 g/mol. The number of carbonyl (C=O) groups excluding carboxylic acids is 1. The molecule has 0 spiro atoms. The van der Waals surface area contributed by atoms with Crippen LogP contribution in [0.3, 0.4) is 0 Å². The van der Waals surface area contributed by atoms with Crippen molar-refractivity contribution in [3.05, 3.63) is 35.7 Å². The van der Waals surface area contributed by atoms with Crippen molar-refractivity contribution >= 4 is 11.7 Å². The molecule has 7 heteroatoms. The minimum absolute atomic E-state index is 0.318. The molecule has 2 aromatic rings. The number of para-hydroxylation sites is 1. The van der Waals surface area contributed by atoms with Crippen LogP contribution in [0.15, 0.2) is 24.3 Å². The Balaban J connectivity index is 1.64. The van der Waals surface area contributed by atoms with Crippen LogP contribution in [0.25, 0.3) is 0 Å². The fourth-order valence-corrected chi connectivity index (χ4v) is 2.45. The molecule has 23 heavy (non-hydrogen) atoms. The van der Waals surface area contributed by atoms with Gasteiger partial charge in [0.15, 0.2) is 17.2 Å². The molecule has 0 saturated heterocycles. The molecule has 1 N–H and O–H groups in total. The van der Waals surface area contributed by atoms with Crippen LogP contribution in [-0.4, -0.2) is 42.6 Å². The van der Waals surface area contributed by atoms with Gasteiger partial charge in [0.2, 0.25) is 0 Å². The second kappa shape index (κ2) is 6.60. The van der Waals surface area contributed by atoms with E-state index >= 15 is 0 Å². The number of rotatable bonds is 5. The van der Waals surface area contributed by atoms with Gasteiger partial charge < -0.3 is 19.5 Å². The van der Waals surface area contributed by atoms with Crippen molar-refractivity contribution in [2.45, 2.75) is 13.5 Å². The van der Waals surface area contributed by atoms with Crippen LogP contribution in [0.4, 0.5) is 5.69 Å². The van der Waals surface area contributed by atoms with E-state index < -0.39 is 5.97 Å². The molecule has 0 bridgehead atoms. The van der Waals surface area contributed by atoms with Crippen molar-refractivity contribution < 1.29 is 19.0 Å². The molecule has 2 heterocycles. The number of hydrogen-bond donors (Lipinski definition) is 1.